The average Bonchev–Trinajstić information content (AvgIpc) is 2.92. The summed E-state index contributed by atoms with van der Waals surface area (Å²) < 4.78 is 0. The molecule has 0 bridgehead atoms. The Morgan fingerprint density at radius 3 is 2.72 bits per heavy atom. The highest BCUT2D eigenvalue weighted by Crippen LogP contribution is 2.33. The van der Waals surface area contributed by atoms with Gasteiger partial charge in [0, 0.05) is 6.42 Å². The quantitative estimate of drug-likeness (QED) is 0.829. The molecule has 0 saturated heterocycles. The van der Waals surface area contributed by atoms with Crippen molar-refractivity contribution in [1.29, 1.82) is 0 Å². The molecule has 0 amide bonds. The van der Waals surface area contributed by atoms with Gasteiger partial charge in [-0.3, -0.25) is 4.79 Å². The maximum atomic E-state index is 12.4. The van der Waals surface area contributed by atoms with Crippen molar-refractivity contribution in [3.63, 3.8) is 0 Å². The van der Waals surface area contributed by atoms with Gasteiger partial charge in [0.25, 0.3) is 0 Å². The lowest BCUT2D eigenvalue weighted by molar-refractivity contribution is 0.105. The molecule has 1 aliphatic rings. The van der Waals surface area contributed by atoms with Gasteiger partial charge in [0.2, 0.25) is 5.78 Å². The Labute approximate surface area is 109 Å². The minimum atomic E-state index is -0.0744. The Kier molecular flexibility index (Phi) is 2.76. The van der Waals surface area contributed by atoms with Crippen LogP contribution in [0.4, 0.5) is 0 Å². The van der Waals surface area contributed by atoms with Gasteiger partial charge in [-0.2, -0.15) is 0 Å². The molecule has 1 aliphatic carbocycles. The third kappa shape index (κ3) is 1.77. The van der Waals surface area contributed by atoms with Crippen LogP contribution in [0.3, 0.4) is 0 Å². The highest BCUT2D eigenvalue weighted by Gasteiger charge is 2.25. The number of carbonyl (C=O) groups excluding carboxylic acids is 1. The van der Waals surface area contributed by atoms with E-state index in [-0.39, 0.29) is 11.5 Å². The van der Waals surface area contributed by atoms with Gasteiger partial charge in [0.05, 0.1) is 10.5 Å². The van der Waals surface area contributed by atoms with E-state index in [2.05, 4.69) is 0 Å². The Balaban J connectivity index is 2.13. The second-order valence-electron chi connectivity index (χ2n) is 4.29. The van der Waals surface area contributed by atoms with Crippen molar-refractivity contribution < 1.29 is 9.90 Å². The monoisotopic (exact) mass is 256 g/mol. The first kappa shape index (κ1) is 11.2. The highest BCUT2D eigenvalue weighted by molar-refractivity contribution is 7.12. The first-order valence-electron chi connectivity index (χ1n) is 5.86. The maximum absolute atomic E-state index is 12.4. The SMILES string of the molecule is O=C(C1=C(O)CCc2ccccc21)c1cccs1. The van der Waals surface area contributed by atoms with E-state index >= 15 is 0 Å². The van der Waals surface area contributed by atoms with Gasteiger partial charge >= 0.3 is 0 Å². The van der Waals surface area contributed by atoms with Crippen LogP contribution in [0.2, 0.25) is 0 Å². The minimum Gasteiger partial charge on any atom is -0.512 e. The molecule has 3 heteroatoms. The highest BCUT2D eigenvalue weighted by atomic mass is 32.1. The maximum Gasteiger partial charge on any atom is 0.206 e. The Bertz CT molecular complexity index is 624. The van der Waals surface area contributed by atoms with Gasteiger partial charge < -0.3 is 5.11 Å². The molecule has 0 unspecified atom stereocenters. The summed E-state index contributed by atoms with van der Waals surface area (Å²) in [5.74, 6) is 0.141. The summed E-state index contributed by atoms with van der Waals surface area (Å²) in [6, 6.07) is 11.4. The molecule has 0 radical (unpaired) electrons. The molecule has 2 aromatic rings. The number of Topliss-reactive ketones (excluding diaryl/α,β-unsaturated/α-hetero) is 1. The number of aliphatic hydroxyl groups is 1. The fourth-order valence-corrected chi connectivity index (χ4v) is 2.97. The predicted octanol–water partition coefficient (Wildman–Crippen LogP) is 3.85. The minimum absolute atomic E-state index is 0.0744. The van der Waals surface area contributed by atoms with Crippen molar-refractivity contribution in [2.24, 2.45) is 0 Å². The lowest BCUT2D eigenvalue weighted by Crippen LogP contribution is -2.11. The third-order valence-corrected chi connectivity index (χ3v) is 4.05. The number of aryl methyl sites for hydroxylation is 1. The van der Waals surface area contributed by atoms with Crippen LogP contribution in [0, 0.1) is 0 Å². The molecule has 0 saturated carbocycles. The molecular weight excluding hydrogens is 244 g/mol. The molecule has 0 fully saturated rings. The van der Waals surface area contributed by atoms with E-state index in [4.69, 9.17) is 0 Å². The van der Waals surface area contributed by atoms with Crippen LogP contribution in [0.15, 0.2) is 47.5 Å². The van der Waals surface area contributed by atoms with E-state index in [0.29, 0.717) is 16.9 Å². The lowest BCUT2D eigenvalue weighted by Gasteiger charge is -2.18. The number of thiophene rings is 1. The number of ketones is 1. The van der Waals surface area contributed by atoms with Crippen LogP contribution in [-0.2, 0) is 6.42 Å². The third-order valence-electron chi connectivity index (χ3n) is 3.18. The van der Waals surface area contributed by atoms with Crippen molar-refractivity contribution in [3.05, 3.63) is 63.5 Å². The lowest BCUT2D eigenvalue weighted by atomic mass is 9.87. The molecule has 1 heterocycles. The van der Waals surface area contributed by atoms with Gasteiger partial charge in [-0.1, -0.05) is 30.3 Å². The van der Waals surface area contributed by atoms with Crippen LogP contribution >= 0.6 is 11.3 Å². The molecule has 1 aromatic heterocycles. The summed E-state index contributed by atoms with van der Waals surface area (Å²) in [6.45, 7) is 0. The van der Waals surface area contributed by atoms with E-state index in [1.54, 1.807) is 6.07 Å². The van der Waals surface area contributed by atoms with Crippen molar-refractivity contribution >= 4 is 22.7 Å². The molecule has 1 aromatic carbocycles. The number of aliphatic hydroxyl groups excluding tert-OH is 1. The van der Waals surface area contributed by atoms with E-state index in [0.717, 1.165) is 17.5 Å². The Morgan fingerprint density at radius 2 is 1.94 bits per heavy atom. The Hall–Kier alpha value is -1.87. The summed E-state index contributed by atoms with van der Waals surface area (Å²) in [6.07, 6.45) is 1.34. The molecular formula is C15H12O2S. The zero-order chi connectivity index (χ0) is 12.5. The van der Waals surface area contributed by atoms with E-state index in [1.807, 2.05) is 35.7 Å². The Morgan fingerprint density at radius 1 is 1.11 bits per heavy atom. The van der Waals surface area contributed by atoms with Crippen LogP contribution in [-0.4, -0.2) is 10.9 Å². The van der Waals surface area contributed by atoms with Gasteiger partial charge in [0.1, 0.15) is 5.76 Å². The summed E-state index contributed by atoms with van der Waals surface area (Å²) in [4.78, 5) is 13.1. The average molecular weight is 256 g/mol. The number of benzene rings is 1. The second kappa shape index (κ2) is 4.42. The normalized spacial score (nSPS) is 14.4. The molecule has 3 rings (SSSR count). The van der Waals surface area contributed by atoms with Crippen molar-refractivity contribution in [1.82, 2.24) is 0 Å². The van der Waals surface area contributed by atoms with Gasteiger partial charge in [-0.05, 0) is 29.0 Å². The van der Waals surface area contributed by atoms with Crippen molar-refractivity contribution in [2.45, 2.75) is 12.8 Å². The molecule has 18 heavy (non-hydrogen) atoms. The van der Waals surface area contributed by atoms with Crippen molar-refractivity contribution in [3.8, 4) is 0 Å². The van der Waals surface area contributed by atoms with Crippen LogP contribution < -0.4 is 0 Å². The van der Waals surface area contributed by atoms with Crippen LogP contribution in [0.1, 0.15) is 27.2 Å². The molecule has 2 nitrogen and oxygen atoms in total. The zero-order valence-electron chi connectivity index (χ0n) is 9.72. The number of hydrogen-bond donors (Lipinski definition) is 1. The van der Waals surface area contributed by atoms with Gasteiger partial charge in [-0.25, -0.2) is 0 Å². The second-order valence-corrected chi connectivity index (χ2v) is 5.23. The van der Waals surface area contributed by atoms with E-state index in [1.165, 1.54) is 11.3 Å². The summed E-state index contributed by atoms with van der Waals surface area (Å²) in [7, 11) is 0. The summed E-state index contributed by atoms with van der Waals surface area (Å²) >= 11 is 1.41. The molecule has 0 atom stereocenters. The van der Waals surface area contributed by atoms with E-state index < -0.39 is 0 Å². The number of fused-ring (bicyclic) bond motifs is 1. The first-order chi connectivity index (χ1) is 8.77. The van der Waals surface area contributed by atoms with Crippen LogP contribution in [0.25, 0.3) is 5.57 Å². The molecule has 0 aliphatic heterocycles. The molecule has 0 spiro atoms. The fraction of sp³-hybridized carbons (Fsp3) is 0.133. The number of rotatable bonds is 2. The number of carbonyl (C=O) groups is 1. The zero-order valence-corrected chi connectivity index (χ0v) is 10.5. The summed E-state index contributed by atoms with van der Waals surface area (Å²) in [5.41, 5.74) is 2.48. The molecule has 90 valence electrons. The first-order valence-corrected chi connectivity index (χ1v) is 6.74. The predicted molar refractivity (Wildman–Crippen MR) is 73.0 cm³/mol. The van der Waals surface area contributed by atoms with Crippen molar-refractivity contribution in [2.75, 3.05) is 0 Å². The number of allylic oxidation sites excluding steroid dienone is 2. The number of hydrogen-bond acceptors (Lipinski definition) is 3. The fourth-order valence-electron chi connectivity index (χ4n) is 2.30. The van der Waals surface area contributed by atoms with Gasteiger partial charge in [-0.15, -0.1) is 11.3 Å². The molecule has 1 N–H and O–H groups in total. The van der Waals surface area contributed by atoms with Crippen LogP contribution in [0.5, 0.6) is 0 Å². The summed E-state index contributed by atoms with van der Waals surface area (Å²) in [5, 5.41) is 11.9. The largest absolute Gasteiger partial charge is 0.512 e. The topological polar surface area (TPSA) is 37.3 Å². The standard InChI is InChI=1S/C15H12O2S/c16-12-8-7-10-4-1-2-5-11(10)14(12)15(17)13-6-3-9-18-13/h1-6,9,16H,7-8H2. The van der Waals surface area contributed by atoms with Gasteiger partial charge in [0.15, 0.2) is 0 Å². The van der Waals surface area contributed by atoms with E-state index in [9.17, 15) is 9.90 Å². The smallest absolute Gasteiger partial charge is 0.206 e.